The number of ketones is 1. The van der Waals surface area contributed by atoms with Gasteiger partial charge in [-0.15, -0.1) is 0 Å². The molecule has 0 bridgehead atoms. The number of benzene rings is 2. The van der Waals surface area contributed by atoms with Crippen LogP contribution in [0.4, 0.5) is 4.79 Å². The van der Waals surface area contributed by atoms with Gasteiger partial charge in [0.1, 0.15) is 0 Å². The van der Waals surface area contributed by atoms with Crippen LogP contribution in [0, 0.1) is 11.8 Å². The summed E-state index contributed by atoms with van der Waals surface area (Å²) in [6.45, 7) is 9.00. The van der Waals surface area contributed by atoms with E-state index in [0.29, 0.717) is 13.1 Å². The van der Waals surface area contributed by atoms with Crippen molar-refractivity contribution >= 4 is 11.8 Å². The Labute approximate surface area is 168 Å². The third-order valence-corrected chi connectivity index (χ3v) is 5.40. The summed E-state index contributed by atoms with van der Waals surface area (Å²) in [6.07, 6.45) is 0. The van der Waals surface area contributed by atoms with E-state index in [9.17, 15) is 9.59 Å². The van der Waals surface area contributed by atoms with Crippen LogP contribution in [0.3, 0.4) is 0 Å². The molecule has 4 nitrogen and oxygen atoms in total. The Morgan fingerprint density at radius 1 is 0.679 bits per heavy atom. The van der Waals surface area contributed by atoms with Gasteiger partial charge in [-0.3, -0.25) is 4.79 Å². The highest BCUT2D eigenvalue weighted by atomic mass is 16.2. The highest BCUT2D eigenvalue weighted by Crippen LogP contribution is 2.30. The highest BCUT2D eigenvalue weighted by Gasteiger charge is 2.47. The van der Waals surface area contributed by atoms with Crippen molar-refractivity contribution in [3.63, 3.8) is 0 Å². The molecule has 1 fully saturated rings. The minimum absolute atomic E-state index is 0.0512. The van der Waals surface area contributed by atoms with E-state index in [1.807, 2.05) is 88.4 Å². The Bertz CT molecular complexity index is 736. The van der Waals surface area contributed by atoms with Crippen molar-refractivity contribution in [1.82, 2.24) is 9.80 Å². The highest BCUT2D eigenvalue weighted by molar-refractivity contribution is 5.98. The average molecular weight is 379 g/mol. The summed E-state index contributed by atoms with van der Waals surface area (Å²) in [5.41, 5.74) is 2.08. The van der Waals surface area contributed by atoms with Crippen molar-refractivity contribution in [2.75, 3.05) is 0 Å². The number of urea groups is 1. The molecule has 148 valence electrons. The molecule has 0 unspecified atom stereocenters. The van der Waals surface area contributed by atoms with Gasteiger partial charge in [-0.2, -0.15) is 0 Å². The first-order valence-electron chi connectivity index (χ1n) is 10.1. The van der Waals surface area contributed by atoms with Gasteiger partial charge in [0.05, 0.1) is 12.1 Å². The number of Topliss-reactive ketones (excluding diaryl/α,β-unsaturated/α-hetero) is 1. The number of carbonyl (C=O) groups is 2. The van der Waals surface area contributed by atoms with Gasteiger partial charge in [-0.05, 0) is 23.0 Å². The van der Waals surface area contributed by atoms with Gasteiger partial charge in [-0.1, -0.05) is 88.4 Å². The molecule has 1 saturated heterocycles. The smallest absolute Gasteiger partial charge is 0.310 e. The van der Waals surface area contributed by atoms with Crippen LogP contribution in [0.5, 0.6) is 0 Å². The second-order valence-corrected chi connectivity index (χ2v) is 8.29. The van der Waals surface area contributed by atoms with Gasteiger partial charge < -0.3 is 9.80 Å². The molecule has 0 saturated carbocycles. The number of hydrogen-bond donors (Lipinski definition) is 0. The minimum Gasteiger partial charge on any atom is -0.310 e. The number of nitrogens with zero attached hydrogens (tertiary/aromatic N) is 2. The predicted molar refractivity (Wildman–Crippen MR) is 112 cm³/mol. The molecule has 0 aliphatic carbocycles. The molecule has 3 rings (SSSR count). The van der Waals surface area contributed by atoms with Crippen LogP contribution >= 0.6 is 0 Å². The molecular weight excluding hydrogens is 348 g/mol. The van der Waals surface area contributed by atoms with Gasteiger partial charge in [0.15, 0.2) is 5.78 Å². The zero-order chi connectivity index (χ0) is 20.3. The van der Waals surface area contributed by atoms with E-state index in [1.54, 1.807) is 9.80 Å². The number of amides is 2. The Hall–Kier alpha value is -2.62. The second kappa shape index (κ2) is 8.59. The van der Waals surface area contributed by atoms with E-state index in [4.69, 9.17) is 0 Å². The summed E-state index contributed by atoms with van der Waals surface area (Å²) >= 11 is 0. The van der Waals surface area contributed by atoms with Crippen LogP contribution < -0.4 is 0 Å². The van der Waals surface area contributed by atoms with Crippen LogP contribution in [-0.2, 0) is 17.9 Å². The summed E-state index contributed by atoms with van der Waals surface area (Å²) in [5.74, 6) is 0.289. The average Bonchev–Trinajstić information content (AvgIpc) is 2.66. The lowest BCUT2D eigenvalue weighted by Crippen LogP contribution is -2.66. The Morgan fingerprint density at radius 2 is 1.04 bits per heavy atom. The topological polar surface area (TPSA) is 40.6 Å². The minimum atomic E-state index is -0.396. The monoisotopic (exact) mass is 378 g/mol. The van der Waals surface area contributed by atoms with E-state index in [-0.39, 0.29) is 23.7 Å². The van der Waals surface area contributed by atoms with Gasteiger partial charge in [0.2, 0.25) is 0 Å². The van der Waals surface area contributed by atoms with Crippen molar-refractivity contribution in [2.45, 2.75) is 52.9 Å². The SMILES string of the molecule is CC(C)[C@H]1C(=O)[C@H](C(C)C)N(Cc2ccccc2)C(=O)N1Cc1ccccc1. The van der Waals surface area contributed by atoms with Crippen molar-refractivity contribution < 1.29 is 9.59 Å². The van der Waals surface area contributed by atoms with E-state index in [2.05, 4.69) is 0 Å². The van der Waals surface area contributed by atoms with E-state index in [0.717, 1.165) is 11.1 Å². The molecule has 2 atom stereocenters. The molecule has 0 aromatic heterocycles. The fourth-order valence-electron chi connectivity index (χ4n) is 4.15. The van der Waals surface area contributed by atoms with Crippen LogP contribution in [0.25, 0.3) is 0 Å². The van der Waals surface area contributed by atoms with E-state index < -0.39 is 12.1 Å². The molecule has 2 aromatic carbocycles. The van der Waals surface area contributed by atoms with Gasteiger partial charge in [0, 0.05) is 13.1 Å². The van der Waals surface area contributed by atoms with Crippen LogP contribution in [-0.4, -0.2) is 33.7 Å². The molecule has 1 aliphatic heterocycles. The second-order valence-electron chi connectivity index (χ2n) is 8.29. The molecule has 2 aromatic rings. The summed E-state index contributed by atoms with van der Waals surface area (Å²) in [7, 11) is 0. The maximum absolute atomic E-state index is 13.6. The number of carbonyl (C=O) groups excluding carboxylic acids is 2. The lowest BCUT2D eigenvalue weighted by atomic mass is 9.85. The molecule has 0 radical (unpaired) electrons. The number of rotatable bonds is 6. The quantitative estimate of drug-likeness (QED) is 0.728. The van der Waals surface area contributed by atoms with E-state index >= 15 is 0 Å². The van der Waals surface area contributed by atoms with Crippen molar-refractivity contribution in [1.29, 1.82) is 0 Å². The molecule has 2 amide bonds. The maximum Gasteiger partial charge on any atom is 0.321 e. The van der Waals surface area contributed by atoms with Crippen molar-refractivity contribution in [3.05, 3.63) is 71.8 Å². The van der Waals surface area contributed by atoms with Crippen molar-refractivity contribution in [3.8, 4) is 0 Å². The largest absolute Gasteiger partial charge is 0.321 e. The Morgan fingerprint density at radius 3 is 1.36 bits per heavy atom. The van der Waals surface area contributed by atoms with Crippen LogP contribution in [0.1, 0.15) is 38.8 Å². The lowest BCUT2D eigenvalue weighted by molar-refractivity contribution is -0.135. The molecule has 0 spiro atoms. The van der Waals surface area contributed by atoms with Gasteiger partial charge in [-0.25, -0.2) is 4.79 Å². The van der Waals surface area contributed by atoms with Gasteiger partial charge in [0.25, 0.3) is 0 Å². The Balaban J connectivity index is 1.98. The number of hydrogen-bond acceptors (Lipinski definition) is 2. The molecule has 1 aliphatic rings. The molecule has 28 heavy (non-hydrogen) atoms. The van der Waals surface area contributed by atoms with E-state index in [1.165, 1.54) is 0 Å². The molecule has 4 heteroatoms. The van der Waals surface area contributed by atoms with Gasteiger partial charge >= 0.3 is 6.03 Å². The maximum atomic E-state index is 13.6. The third kappa shape index (κ3) is 4.11. The normalized spacial score (nSPS) is 20.4. The van der Waals surface area contributed by atoms with Crippen LogP contribution in [0.2, 0.25) is 0 Å². The lowest BCUT2D eigenvalue weighted by Gasteiger charge is -2.47. The molecule has 0 N–H and O–H groups in total. The summed E-state index contributed by atoms with van der Waals surface area (Å²) in [4.78, 5) is 30.7. The summed E-state index contributed by atoms with van der Waals surface area (Å²) < 4.78 is 0. The Kier molecular flexibility index (Phi) is 6.18. The summed E-state index contributed by atoms with van der Waals surface area (Å²) in [6, 6.07) is 19.0. The predicted octanol–water partition coefficient (Wildman–Crippen LogP) is 4.74. The first-order chi connectivity index (χ1) is 13.4. The first-order valence-corrected chi connectivity index (χ1v) is 10.1. The van der Waals surface area contributed by atoms with Crippen LogP contribution in [0.15, 0.2) is 60.7 Å². The molecule has 1 heterocycles. The zero-order valence-corrected chi connectivity index (χ0v) is 17.2. The summed E-state index contributed by atoms with van der Waals surface area (Å²) in [5, 5.41) is 0. The standard InChI is InChI=1S/C24H30N2O2/c1-17(2)21-23(27)22(18(3)4)26(16-20-13-9-6-10-14-20)24(28)25(21)15-19-11-7-5-8-12-19/h5-14,17-18,21-22H,15-16H2,1-4H3/t21-,22-/m0/s1. The zero-order valence-electron chi connectivity index (χ0n) is 17.2. The molecular formula is C24H30N2O2. The van der Waals surface area contributed by atoms with Crippen molar-refractivity contribution in [2.24, 2.45) is 11.8 Å². The third-order valence-electron chi connectivity index (χ3n) is 5.40. The fraction of sp³-hybridized carbons (Fsp3) is 0.417. The first kappa shape index (κ1) is 20.1. The fourth-order valence-corrected chi connectivity index (χ4v) is 4.15.